The molecule has 0 spiro atoms. The first-order chi connectivity index (χ1) is 9.13. The molecule has 0 radical (unpaired) electrons. The van der Waals surface area contributed by atoms with Gasteiger partial charge in [-0.25, -0.2) is 4.79 Å². The molecule has 1 aromatic rings. The van der Waals surface area contributed by atoms with Crippen molar-refractivity contribution < 1.29 is 14.3 Å². The summed E-state index contributed by atoms with van der Waals surface area (Å²) in [7, 11) is 0. The van der Waals surface area contributed by atoms with Crippen molar-refractivity contribution in [2.24, 2.45) is 0 Å². The highest BCUT2D eigenvalue weighted by atomic mass is 35.5. The first-order valence-corrected chi connectivity index (χ1v) is 6.40. The summed E-state index contributed by atoms with van der Waals surface area (Å²) in [5.41, 5.74) is 1.52. The molecule has 1 rings (SSSR count). The van der Waals surface area contributed by atoms with E-state index in [-0.39, 0.29) is 31.1 Å². The molecule has 0 aliphatic rings. The van der Waals surface area contributed by atoms with E-state index < -0.39 is 5.97 Å². The van der Waals surface area contributed by atoms with E-state index in [1.807, 2.05) is 6.07 Å². The fourth-order valence-corrected chi connectivity index (χ4v) is 1.83. The van der Waals surface area contributed by atoms with Gasteiger partial charge >= 0.3 is 5.97 Å². The Balaban J connectivity index is 3.21. The molecule has 0 unspecified atom stereocenters. The molecule has 1 aromatic carbocycles. The number of nitriles is 1. The molecule has 0 heterocycles. The molecule has 5 heteroatoms. The minimum absolute atomic E-state index is 0.0372. The molecule has 0 fully saturated rings. The van der Waals surface area contributed by atoms with E-state index in [4.69, 9.17) is 21.6 Å². The number of ether oxygens (including phenoxy) is 1. The van der Waals surface area contributed by atoms with E-state index in [0.717, 1.165) is 0 Å². The van der Waals surface area contributed by atoms with Crippen LogP contribution in [0.15, 0.2) is 18.2 Å². The van der Waals surface area contributed by atoms with Gasteiger partial charge in [-0.2, -0.15) is 5.26 Å². The van der Waals surface area contributed by atoms with Crippen molar-refractivity contribution in [3.8, 4) is 6.07 Å². The normalized spacial score (nSPS) is 9.74. The van der Waals surface area contributed by atoms with Crippen molar-refractivity contribution in [2.75, 3.05) is 12.5 Å². The van der Waals surface area contributed by atoms with Crippen LogP contribution in [0.4, 0.5) is 0 Å². The number of alkyl halides is 1. The zero-order valence-electron chi connectivity index (χ0n) is 10.6. The molecule has 0 saturated heterocycles. The van der Waals surface area contributed by atoms with Gasteiger partial charge in [0.15, 0.2) is 5.78 Å². The van der Waals surface area contributed by atoms with Crippen LogP contribution in [0.3, 0.4) is 0 Å². The Morgan fingerprint density at radius 1 is 1.42 bits per heavy atom. The lowest BCUT2D eigenvalue weighted by atomic mass is 9.95. The number of carbonyl (C=O) groups is 2. The highest BCUT2D eigenvalue weighted by Gasteiger charge is 2.17. The molecule has 0 saturated carbocycles. The van der Waals surface area contributed by atoms with Crippen LogP contribution < -0.4 is 0 Å². The van der Waals surface area contributed by atoms with Gasteiger partial charge in [0, 0.05) is 6.42 Å². The molecule has 19 heavy (non-hydrogen) atoms. The van der Waals surface area contributed by atoms with E-state index >= 15 is 0 Å². The smallest absolute Gasteiger partial charge is 0.338 e. The molecular formula is C14H14ClNO3. The van der Waals surface area contributed by atoms with Gasteiger partial charge in [0.1, 0.15) is 0 Å². The Bertz CT molecular complexity index is 520. The predicted molar refractivity (Wildman–Crippen MR) is 71.1 cm³/mol. The lowest BCUT2D eigenvalue weighted by Gasteiger charge is -2.11. The van der Waals surface area contributed by atoms with Crippen LogP contribution in [-0.2, 0) is 22.4 Å². The number of Topliss-reactive ketones (excluding diaryl/α,β-unsaturated/α-hetero) is 1. The number of hydrogen-bond donors (Lipinski definition) is 0. The van der Waals surface area contributed by atoms with Gasteiger partial charge in [0.25, 0.3) is 0 Å². The van der Waals surface area contributed by atoms with Crippen molar-refractivity contribution in [3.05, 3.63) is 34.9 Å². The standard InChI is InChI=1S/C14H14ClNO3/c1-2-19-14(18)12-5-3-4-10(6-7-16)13(12)8-11(17)9-15/h3-5H,2,6,8-9H2,1H3. The van der Waals surface area contributed by atoms with E-state index in [1.54, 1.807) is 25.1 Å². The summed E-state index contributed by atoms with van der Waals surface area (Å²) in [6, 6.07) is 7.01. The van der Waals surface area contributed by atoms with Crippen LogP contribution in [0.5, 0.6) is 0 Å². The maximum atomic E-state index is 11.8. The molecule has 0 atom stereocenters. The Kier molecular flexibility index (Phi) is 6.04. The number of nitrogens with zero attached hydrogens (tertiary/aromatic N) is 1. The summed E-state index contributed by atoms with van der Waals surface area (Å²) >= 11 is 5.49. The van der Waals surface area contributed by atoms with Crippen molar-refractivity contribution >= 4 is 23.4 Å². The third-order valence-electron chi connectivity index (χ3n) is 2.56. The molecule has 0 N–H and O–H groups in total. The minimum atomic E-state index is -0.486. The molecule has 0 amide bonds. The predicted octanol–water partition coefficient (Wildman–Crippen LogP) is 2.28. The lowest BCUT2D eigenvalue weighted by molar-refractivity contribution is -0.116. The average molecular weight is 280 g/mol. The van der Waals surface area contributed by atoms with Crippen molar-refractivity contribution in [3.63, 3.8) is 0 Å². The van der Waals surface area contributed by atoms with Crippen molar-refractivity contribution in [1.29, 1.82) is 5.26 Å². The number of carbonyl (C=O) groups excluding carboxylic acids is 2. The fourth-order valence-electron chi connectivity index (χ4n) is 1.74. The van der Waals surface area contributed by atoms with Crippen LogP contribution in [-0.4, -0.2) is 24.2 Å². The summed E-state index contributed by atoms with van der Waals surface area (Å²) in [6.07, 6.45) is 0.174. The van der Waals surface area contributed by atoms with Crippen molar-refractivity contribution in [2.45, 2.75) is 19.8 Å². The van der Waals surface area contributed by atoms with Crippen molar-refractivity contribution in [1.82, 2.24) is 0 Å². The van der Waals surface area contributed by atoms with Gasteiger partial charge in [0.2, 0.25) is 0 Å². The quantitative estimate of drug-likeness (QED) is 0.592. The first kappa shape index (κ1) is 15.2. The zero-order valence-corrected chi connectivity index (χ0v) is 11.4. The number of benzene rings is 1. The first-order valence-electron chi connectivity index (χ1n) is 5.86. The number of hydrogen-bond acceptors (Lipinski definition) is 4. The number of rotatable bonds is 6. The second kappa shape index (κ2) is 7.55. The zero-order chi connectivity index (χ0) is 14.3. The SMILES string of the molecule is CCOC(=O)c1cccc(CC#N)c1CC(=O)CCl. The Morgan fingerprint density at radius 3 is 2.74 bits per heavy atom. The van der Waals surface area contributed by atoms with Crippen LogP contribution in [0.25, 0.3) is 0 Å². The number of esters is 1. The minimum Gasteiger partial charge on any atom is -0.462 e. The molecule has 100 valence electrons. The molecule has 0 aromatic heterocycles. The summed E-state index contributed by atoms with van der Waals surface area (Å²) in [4.78, 5) is 23.3. The van der Waals surface area contributed by atoms with Crippen LogP contribution in [0.2, 0.25) is 0 Å². The molecular weight excluding hydrogens is 266 g/mol. The fraction of sp³-hybridized carbons (Fsp3) is 0.357. The number of ketones is 1. The topological polar surface area (TPSA) is 67.2 Å². The summed E-state index contributed by atoms with van der Waals surface area (Å²) < 4.78 is 4.95. The van der Waals surface area contributed by atoms with Crippen LogP contribution in [0.1, 0.15) is 28.4 Å². The van der Waals surface area contributed by atoms with Gasteiger partial charge in [-0.1, -0.05) is 12.1 Å². The van der Waals surface area contributed by atoms with E-state index in [0.29, 0.717) is 16.7 Å². The van der Waals surface area contributed by atoms with Gasteiger partial charge in [0.05, 0.1) is 30.5 Å². The van der Waals surface area contributed by atoms with E-state index in [2.05, 4.69) is 0 Å². The van der Waals surface area contributed by atoms with E-state index in [9.17, 15) is 9.59 Å². The summed E-state index contributed by atoms with van der Waals surface area (Å²) in [5, 5.41) is 8.79. The van der Waals surface area contributed by atoms with Gasteiger partial charge < -0.3 is 4.74 Å². The molecule has 0 aliphatic carbocycles. The van der Waals surface area contributed by atoms with E-state index in [1.165, 1.54) is 0 Å². The highest BCUT2D eigenvalue weighted by molar-refractivity contribution is 6.27. The van der Waals surface area contributed by atoms with Crippen LogP contribution in [0, 0.1) is 11.3 Å². The summed E-state index contributed by atoms with van der Waals surface area (Å²) in [5.74, 6) is -0.805. The maximum absolute atomic E-state index is 11.8. The lowest BCUT2D eigenvalue weighted by Crippen LogP contribution is -2.14. The maximum Gasteiger partial charge on any atom is 0.338 e. The summed E-state index contributed by atoms with van der Waals surface area (Å²) in [6.45, 7) is 1.96. The number of halogens is 1. The molecule has 0 aliphatic heterocycles. The third kappa shape index (κ3) is 4.08. The monoisotopic (exact) mass is 279 g/mol. The average Bonchev–Trinajstić information content (AvgIpc) is 2.41. The third-order valence-corrected chi connectivity index (χ3v) is 2.86. The highest BCUT2D eigenvalue weighted by Crippen LogP contribution is 2.18. The largest absolute Gasteiger partial charge is 0.462 e. The Hall–Kier alpha value is -1.86. The van der Waals surface area contributed by atoms with Gasteiger partial charge in [-0.15, -0.1) is 11.6 Å². The van der Waals surface area contributed by atoms with Gasteiger partial charge in [-0.3, -0.25) is 4.79 Å². The molecule has 4 nitrogen and oxygen atoms in total. The van der Waals surface area contributed by atoms with Gasteiger partial charge in [-0.05, 0) is 24.1 Å². The van der Waals surface area contributed by atoms with Crippen LogP contribution >= 0.6 is 11.6 Å². The second-order valence-corrected chi connectivity index (χ2v) is 4.11. The molecule has 0 bridgehead atoms. The second-order valence-electron chi connectivity index (χ2n) is 3.85. The Labute approximate surface area is 116 Å². The Morgan fingerprint density at radius 2 is 2.16 bits per heavy atom.